The summed E-state index contributed by atoms with van der Waals surface area (Å²) in [7, 11) is 0. The summed E-state index contributed by atoms with van der Waals surface area (Å²) in [6.07, 6.45) is 3.09. The van der Waals surface area contributed by atoms with Crippen LogP contribution < -0.4 is 0 Å². The fraction of sp³-hybridized carbons (Fsp3) is 0.556. The van der Waals surface area contributed by atoms with Crippen molar-refractivity contribution in [2.24, 2.45) is 5.92 Å². The van der Waals surface area contributed by atoms with Crippen molar-refractivity contribution in [3.63, 3.8) is 0 Å². The zero-order chi connectivity index (χ0) is 14.4. The molecule has 2 nitrogen and oxygen atoms in total. The van der Waals surface area contributed by atoms with Crippen LogP contribution >= 0.6 is 0 Å². The maximum atomic E-state index is 10.9. The van der Waals surface area contributed by atoms with Gasteiger partial charge in [-0.05, 0) is 37.4 Å². The molecule has 1 aromatic rings. The van der Waals surface area contributed by atoms with Crippen LogP contribution in [-0.4, -0.2) is 29.6 Å². The van der Waals surface area contributed by atoms with Crippen LogP contribution in [0, 0.1) is 17.8 Å². The van der Waals surface area contributed by atoms with Crippen molar-refractivity contribution in [1.29, 1.82) is 0 Å². The molecule has 2 heteroatoms. The highest BCUT2D eigenvalue weighted by atomic mass is 16.3. The van der Waals surface area contributed by atoms with E-state index in [1.807, 2.05) is 30.3 Å². The monoisotopic (exact) mass is 271 g/mol. The zero-order valence-corrected chi connectivity index (χ0v) is 12.6. The molecule has 1 N–H and O–H groups in total. The van der Waals surface area contributed by atoms with Gasteiger partial charge in [-0.2, -0.15) is 0 Å². The summed E-state index contributed by atoms with van der Waals surface area (Å²) in [6, 6.07) is 9.90. The Bertz CT molecular complexity index is 465. The van der Waals surface area contributed by atoms with Gasteiger partial charge in [0.05, 0.1) is 6.54 Å². The van der Waals surface area contributed by atoms with Crippen molar-refractivity contribution in [2.75, 3.05) is 19.6 Å². The molecule has 0 amide bonds. The average Bonchev–Trinajstić information content (AvgIpc) is 2.97. The van der Waals surface area contributed by atoms with Gasteiger partial charge in [-0.15, -0.1) is 0 Å². The van der Waals surface area contributed by atoms with Crippen LogP contribution in [0.5, 0.6) is 0 Å². The van der Waals surface area contributed by atoms with Gasteiger partial charge in [-0.25, -0.2) is 0 Å². The molecular weight excluding hydrogens is 246 g/mol. The van der Waals surface area contributed by atoms with E-state index in [9.17, 15) is 5.11 Å². The van der Waals surface area contributed by atoms with Crippen LogP contribution in [0.2, 0.25) is 0 Å². The van der Waals surface area contributed by atoms with E-state index in [-0.39, 0.29) is 5.92 Å². The second-order valence-corrected chi connectivity index (χ2v) is 5.96. The maximum Gasteiger partial charge on any atom is 0.103 e. The number of aliphatic hydroxyl groups is 1. The minimum Gasteiger partial charge on any atom is -0.384 e. The predicted molar refractivity (Wildman–Crippen MR) is 83.2 cm³/mol. The molecule has 1 aliphatic rings. The topological polar surface area (TPSA) is 23.5 Å². The lowest BCUT2D eigenvalue weighted by atomic mass is 9.81. The molecule has 1 aromatic carbocycles. The number of hydrogen-bond acceptors (Lipinski definition) is 2. The first-order valence-electron chi connectivity index (χ1n) is 7.59. The van der Waals surface area contributed by atoms with Crippen molar-refractivity contribution in [1.82, 2.24) is 4.90 Å². The molecule has 0 radical (unpaired) electrons. The van der Waals surface area contributed by atoms with Gasteiger partial charge in [-0.1, -0.05) is 56.0 Å². The number of rotatable bonds is 4. The number of hydrogen-bond donors (Lipinski definition) is 1. The van der Waals surface area contributed by atoms with E-state index in [0.717, 1.165) is 12.1 Å². The van der Waals surface area contributed by atoms with E-state index < -0.39 is 5.60 Å². The second-order valence-electron chi connectivity index (χ2n) is 5.96. The third kappa shape index (κ3) is 3.62. The van der Waals surface area contributed by atoms with Gasteiger partial charge in [0.2, 0.25) is 0 Å². The van der Waals surface area contributed by atoms with Gasteiger partial charge in [0.1, 0.15) is 5.60 Å². The largest absolute Gasteiger partial charge is 0.384 e. The standard InChI is InChI=1S/C18H25NO/c1-16(2)18(20,17-10-4-3-5-11-17)12-6-7-13-19-14-8-9-15-19/h3-5,10-11,16,20H,8-9,12-15H2,1-2H3/t18-/m0/s1. The van der Waals surface area contributed by atoms with Gasteiger partial charge in [0.15, 0.2) is 0 Å². The molecule has 0 aromatic heterocycles. The van der Waals surface area contributed by atoms with E-state index in [2.05, 4.69) is 30.6 Å². The summed E-state index contributed by atoms with van der Waals surface area (Å²) < 4.78 is 0. The minimum absolute atomic E-state index is 0.144. The summed E-state index contributed by atoms with van der Waals surface area (Å²) in [6.45, 7) is 7.27. The first kappa shape index (κ1) is 15.1. The van der Waals surface area contributed by atoms with Gasteiger partial charge in [0.25, 0.3) is 0 Å². The van der Waals surface area contributed by atoms with Crippen molar-refractivity contribution in [3.8, 4) is 11.8 Å². The quantitative estimate of drug-likeness (QED) is 0.851. The van der Waals surface area contributed by atoms with E-state index in [4.69, 9.17) is 0 Å². The molecule has 0 bridgehead atoms. The first-order chi connectivity index (χ1) is 9.63. The molecule has 20 heavy (non-hydrogen) atoms. The molecule has 1 heterocycles. The smallest absolute Gasteiger partial charge is 0.103 e. The highest BCUT2D eigenvalue weighted by molar-refractivity contribution is 5.25. The van der Waals surface area contributed by atoms with Crippen molar-refractivity contribution >= 4 is 0 Å². The zero-order valence-electron chi connectivity index (χ0n) is 12.6. The van der Waals surface area contributed by atoms with Crippen LogP contribution in [0.25, 0.3) is 0 Å². The Labute approximate surface area is 122 Å². The van der Waals surface area contributed by atoms with Crippen LogP contribution in [0.1, 0.15) is 38.7 Å². The van der Waals surface area contributed by atoms with Gasteiger partial charge >= 0.3 is 0 Å². The fourth-order valence-corrected chi connectivity index (χ4v) is 2.67. The second kappa shape index (κ2) is 6.92. The van der Waals surface area contributed by atoms with Crippen molar-refractivity contribution in [3.05, 3.63) is 35.9 Å². The Kier molecular flexibility index (Phi) is 5.23. The van der Waals surface area contributed by atoms with Crippen LogP contribution in [0.4, 0.5) is 0 Å². The lowest BCUT2D eigenvalue weighted by Gasteiger charge is -2.31. The summed E-state index contributed by atoms with van der Waals surface area (Å²) >= 11 is 0. The van der Waals surface area contributed by atoms with E-state index in [1.54, 1.807) is 0 Å². The van der Waals surface area contributed by atoms with Crippen molar-refractivity contribution < 1.29 is 5.11 Å². The highest BCUT2D eigenvalue weighted by Crippen LogP contribution is 2.32. The average molecular weight is 271 g/mol. The molecule has 1 fully saturated rings. The number of benzene rings is 1. The molecule has 1 saturated heterocycles. The van der Waals surface area contributed by atoms with E-state index >= 15 is 0 Å². The van der Waals surface area contributed by atoms with Gasteiger partial charge < -0.3 is 5.11 Å². The molecule has 1 atom stereocenters. The van der Waals surface area contributed by atoms with Crippen LogP contribution in [0.15, 0.2) is 30.3 Å². The van der Waals surface area contributed by atoms with Gasteiger partial charge in [-0.3, -0.25) is 4.90 Å². The third-order valence-electron chi connectivity index (χ3n) is 4.21. The Morgan fingerprint density at radius 1 is 1.15 bits per heavy atom. The Morgan fingerprint density at radius 3 is 2.40 bits per heavy atom. The molecule has 0 unspecified atom stereocenters. The molecule has 0 aliphatic carbocycles. The molecule has 1 aliphatic heterocycles. The van der Waals surface area contributed by atoms with Crippen LogP contribution in [-0.2, 0) is 5.60 Å². The third-order valence-corrected chi connectivity index (χ3v) is 4.21. The van der Waals surface area contributed by atoms with Crippen LogP contribution in [0.3, 0.4) is 0 Å². The first-order valence-corrected chi connectivity index (χ1v) is 7.59. The Morgan fingerprint density at radius 2 is 1.80 bits per heavy atom. The number of likely N-dealkylation sites (tertiary alicyclic amines) is 1. The fourth-order valence-electron chi connectivity index (χ4n) is 2.67. The molecule has 108 valence electrons. The minimum atomic E-state index is -0.848. The SMILES string of the molecule is CC(C)[C@@](O)(CC#CCN1CCCC1)c1ccccc1. The summed E-state index contributed by atoms with van der Waals surface area (Å²) in [5, 5.41) is 10.9. The molecule has 2 rings (SSSR count). The van der Waals surface area contributed by atoms with Gasteiger partial charge in [0, 0.05) is 6.42 Å². The summed E-state index contributed by atoms with van der Waals surface area (Å²) in [4.78, 5) is 2.38. The number of nitrogens with zero attached hydrogens (tertiary/aromatic N) is 1. The van der Waals surface area contributed by atoms with Crippen molar-refractivity contribution in [2.45, 2.75) is 38.7 Å². The Hall–Kier alpha value is -1.30. The predicted octanol–water partition coefficient (Wildman–Crippen LogP) is 3.02. The molecule has 0 saturated carbocycles. The summed E-state index contributed by atoms with van der Waals surface area (Å²) in [5.41, 5.74) is 0.115. The molecular formula is C18H25NO. The molecule has 0 spiro atoms. The Balaban J connectivity index is 2.01. The lowest BCUT2D eigenvalue weighted by molar-refractivity contribution is -0.00532. The lowest BCUT2D eigenvalue weighted by Crippen LogP contribution is -2.31. The van der Waals surface area contributed by atoms with E-state index in [1.165, 1.54) is 25.9 Å². The maximum absolute atomic E-state index is 10.9. The highest BCUT2D eigenvalue weighted by Gasteiger charge is 2.31. The van der Waals surface area contributed by atoms with E-state index in [0.29, 0.717) is 6.42 Å². The summed E-state index contributed by atoms with van der Waals surface area (Å²) in [5.74, 6) is 6.56. The normalized spacial score (nSPS) is 18.6.